The number of alkyl halides is 3. The highest BCUT2D eigenvalue weighted by Gasteiger charge is 2.32. The molecule has 0 aliphatic carbocycles. The molecule has 0 N–H and O–H groups in total. The lowest BCUT2D eigenvalue weighted by Crippen LogP contribution is -2.17. The lowest BCUT2D eigenvalue weighted by Gasteiger charge is -2.13. The quantitative estimate of drug-likeness (QED) is 0.786. The van der Waals surface area contributed by atoms with Crippen LogP contribution in [0.25, 0.3) is 11.1 Å². The van der Waals surface area contributed by atoms with Crippen molar-refractivity contribution >= 4 is 0 Å². The van der Waals surface area contributed by atoms with Crippen molar-refractivity contribution in [2.24, 2.45) is 0 Å². The lowest BCUT2D eigenvalue weighted by molar-refractivity contribution is -0.274. The van der Waals surface area contributed by atoms with Gasteiger partial charge in [0.2, 0.25) is 0 Å². The van der Waals surface area contributed by atoms with Crippen LogP contribution in [0.4, 0.5) is 13.2 Å². The van der Waals surface area contributed by atoms with E-state index in [1.54, 1.807) is 24.3 Å². The number of hydrogen-bond acceptors (Lipinski definition) is 1. The molecule has 0 bridgehead atoms. The van der Waals surface area contributed by atoms with E-state index in [-0.39, 0.29) is 5.75 Å². The van der Waals surface area contributed by atoms with Crippen molar-refractivity contribution < 1.29 is 17.9 Å². The van der Waals surface area contributed by atoms with Gasteiger partial charge in [-0.3, -0.25) is 0 Å². The second kappa shape index (κ2) is 5.34. The van der Waals surface area contributed by atoms with E-state index in [9.17, 15) is 13.2 Å². The summed E-state index contributed by atoms with van der Waals surface area (Å²) in [7, 11) is 0. The van der Waals surface area contributed by atoms with Crippen LogP contribution in [0.3, 0.4) is 0 Å². The molecule has 0 atom stereocenters. The van der Waals surface area contributed by atoms with Gasteiger partial charge in [-0.2, -0.15) is 0 Å². The molecule has 0 saturated heterocycles. The molecule has 0 aliphatic heterocycles. The van der Waals surface area contributed by atoms with Crippen LogP contribution in [-0.4, -0.2) is 6.36 Å². The number of hydrogen-bond donors (Lipinski definition) is 0. The van der Waals surface area contributed by atoms with Crippen LogP contribution in [0.2, 0.25) is 0 Å². The average Bonchev–Trinajstić information content (AvgIpc) is 2.38. The molecule has 0 spiro atoms. The smallest absolute Gasteiger partial charge is 0.405 e. The topological polar surface area (TPSA) is 9.23 Å². The Bertz CT molecular complexity index is 544. The maximum absolute atomic E-state index is 12.3. The second-order valence-corrected chi connectivity index (χ2v) is 3.99. The molecule has 0 amide bonds. The van der Waals surface area contributed by atoms with E-state index in [1.165, 1.54) is 12.1 Å². The Morgan fingerprint density at radius 3 is 2.16 bits per heavy atom. The highest BCUT2D eigenvalue weighted by molar-refractivity contribution is 5.70. The minimum atomic E-state index is -4.69. The van der Waals surface area contributed by atoms with Gasteiger partial charge in [0, 0.05) is 5.56 Å². The molecule has 19 heavy (non-hydrogen) atoms. The third-order valence-corrected chi connectivity index (χ3v) is 2.67. The van der Waals surface area contributed by atoms with Crippen LogP contribution in [-0.2, 0) is 6.42 Å². The van der Waals surface area contributed by atoms with Crippen LogP contribution in [0.1, 0.15) is 5.56 Å². The summed E-state index contributed by atoms with van der Waals surface area (Å²) in [6, 6.07) is 13.3. The van der Waals surface area contributed by atoms with E-state index < -0.39 is 6.36 Å². The van der Waals surface area contributed by atoms with Crippen molar-refractivity contribution in [3.63, 3.8) is 0 Å². The summed E-state index contributed by atoms with van der Waals surface area (Å²) >= 11 is 0. The van der Waals surface area contributed by atoms with E-state index in [1.807, 2.05) is 12.1 Å². The van der Waals surface area contributed by atoms with Crippen molar-refractivity contribution in [3.05, 3.63) is 61.0 Å². The Morgan fingerprint density at radius 1 is 0.947 bits per heavy atom. The van der Waals surface area contributed by atoms with Gasteiger partial charge in [-0.05, 0) is 30.5 Å². The van der Waals surface area contributed by atoms with Gasteiger partial charge in [0.25, 0.3) is 0 Å². The van der Waals surface area contributed by atoms with Gasteiger partial charge < -0.3 is 4.74 Å². The zero-order valence-electron chi connectivity index (χ0n) is 10.1. The van der Waals surface area contributed by atoms with Crippen molar-refractivity contribution in [1.82, 2.24) is 0 Å². The summed E-state index contributed by atoms with van der Waals surface area (Å²) in [5.41, 5.74) is 2.12. The molecule has 0 saturated carbocycles. The molecule has 4 heteroatoms. The van der Waals surface area contributed by atoms with Gasteiger partial charge in [0.15, 0.2) is 0 Å². The van der Waals surface area contributed by atoms with Gasteiger partial charge in [0.1, 0.15) is 5.75 Å². The lowest BCUT2D eigenvalue weighted by atomic mass is 10.0. The predicted octanol–water partition coefficient (Wildman–Crippen LogP) is 4.63. The average molecular weight is 265 g/mol. The summed E-state index contributed by atoms with van der Waals surface area (Å²) in [4.78, 5) is 0. The zero-order valence-corrected chi connectivity index (χ0v) is 10.1. The first-order valence-electron chi connectivity index (χ1n) is 5.73. The largest absolute Gasteiger partial charge is 0.573 e. The van der Waals surface area contributed by atoms with E-state index in [4.69, 9.17) is 0 Å². The summed E-state index contributed by atoms with van der Waals surface area (Å²) < 4.78 is 41.0. The summed E-state index contributed by atoms with van der Waals surface area (Å²) in [6.07, 6.45) is -4.05. The number of benzene rings is 2. The third-order valence-electron chi connectivity index (χ3n) is 2.67. The number of ether oxygens (including phenoxy) is 1. The SMILES string of the molecule is [CH2]Cc1ccc(-c2ccccc2OC(F)(F)F)cc1. The highest BCUT2D eigenvalue weighted by Crippen LogP contribution is 2.33. The normalized spacial score (nSPS) is 11.4. The zero-order chi connectivity index (χ0) is 13.9. The van der Waals surface area contributed by atoms with Crippen molar-refractivity contribution in [2.45, 2.75) is 12.8 Å². The predicted molar refractivity (Wildman–Crippen MR) is 67.6 cm³/mol. The van der Waals surface area contributed by atoms with Crippen LogP contribution in [0, 0.1) is 6.92 Å². The first-order valence-corrected chi connectivity index (χ1v) is 5.73. The van der Waals surface area contributed by atoms with Gasteiger partial charge in [-0.1, -0.05) is 42.5 Å². The molecule has 0 heterocycles. The first-order chi connectivity index (χ1) is 8.99. The van der Waals surface area contributed by atoms with Crippen LogP contribution < -0.4 is 4.74 Å². The fourth-order valence-electron chi connectivity index (χ4n) is 1.77. The minimum absolute atomic E-state index is 0.197. The molecular weight excluding hydrogens is 253 g/mol. The van der Waals surface area contributed by atoms with E-state index in [0.717, 1.165) is 5.56 Å². The maximum Gasteiger partial charge on any atom is 0.573 e. The second-order valence-electron chi connectivity index (χ2n) is 3.99. The van der Waals surface area contributed by atoms with Gasteiger partial charge in [0.05, 0.1) is 0 Å². The molecule has 1 radical (unpaired) electrons. The number of rotatable bonds is 3. The molecule has 99 valence electrons. The Balaban J connectivity index is 2.38. The van der Waals surface area contributed by atoms with E-state index in [0.29, 0.717) is 17.5 Å². The fraction of sp³-hybridized carbons (Fsp3) is 0.133. The standard InChI is InChI=1S/C15H12F3O/c1-2-11-7-9-12(10-8-11)13-5-3-4-6-14(13)19-15(16,17)18/h3-10H,1-2H2. The van der Waals surface area contributed by atoms with E-state index in [2.05, 4.69) is 11.7 Å². The monoisotopic (exact) mass is 265 g/mol. The van der Waals surface area contributed by atoms with Crippen molar-refractivity contribution in [1.29, 1.82) is 0 Å². The van der Waals surface area contributed by atoms with Crippen LogP contribution in [0.15, 0.2) is 48.5 Å². The molecule has 2 aromatic carbocycles. The number of halogens is 3. The molecule has 0 fully saturated rings. The Kier molecular flexibility index (Phi) is 3.79. The molecule has 2 rings (SSSR count). The Labute approximate surface area is 109 Å². The molecule has 0 unspecified atom stereocenters. The summed E-state index contributed by atoms with van der Waals surface area (Å²) in [5.74, 6) is -0.197. The summed E-state index contributed by atoms with van der Waals surface area (Å²) in [6.45, 7) is 3.75. The molecular formula is C15H12F3O. The van der Waals surface area contributed by atoms with Crippen molar-refractivity contribution in [3.8, 4) is 16.9 Å². The number of para-hydroxylation sites is 1. The molecule has 1 nitrogen and oxygen atoms in total. The highest BCUT2D eigenvalue weighted by atomic mass is 19.4. The minimum Gasteiger partial charge on any atom is -0.405 e. The van der Waals surface area contributed by atoms with Crippen molar-refractivity contribution in [2.75, 3.05) is 0 Å². The van der Waals surface area contributed by atoms with Gasteiger partial charge in [-0.25, -0.2) is 0 Å². The van der Waals surface area contributed by atoms with Crippen LogP contribution >= 0.6 is 0 Å². The Morgan fingerprint density at radius 2 is 1.58 bits per heavy atom. The van der Waals surface area contributed by atoms with Gasteiger partial charge >= 0.3 is 6.36 Å². The van der Waals surface area contributed by atoms with E-state index >= 15 is 0 Å². The van der Waals surface area contributed by atoms with Crippen LogP contribution in [0.5, 0.6) is 5.75 Å². The molecule has 2 aromatic rings. The van der Waals surface area contributed by atoms with Gasteiger partial charge in [-0.15, -0.1) is 13.2 Å². The fourth-order valence-corrected chi connectivity index (χ4v) is 1.77. The molecule has 0 aromatic heterocycles. The maximum atomic E-state index is 12.3. The Hall–Kier alpha value is -1.97. The molecule has 0 aliphatic rings. The first kappa shape index (κ1) is 13.5. The summed E-state index contributed by atoms with van der Waals surface area (Å²) in [5, 5.41) is 0. The third kappa shape index (κ3) is 3.50.